The Morgan fingerprint density at radius 3 is 2.83 bits per heavy atom. The number of nitrogens with one attached hydrogen (secondary N) is 1. The zero-order valence-corrected chi connectivity index (χ0v) is 19.2. The standard InChI is InChI=1S/C26H24N6O3/c1-15-12-17(13-22-23(15)29-16(2)35-22)24(33)20-14-19(5-9-27-20)31-10-6-18(7-11-31)32-21-4-3-8-28-25(21)30-26(32)34/h3-5,8-9,12-14,18,33H,2,6-7,10-11H2,1H3,(H,28,30,34). The summed E-state index contributed by atoms with van der Waals surface area (Å²) in [5.74, 6) is 0.0755. The van der Waals surface area contributed by atoms with Gasteiger partial charge in [-0.05, 0) is 68.3 Å². The van der Waals surface area contributed by atoms with Crippen molar-refractivity contribution in [2.45, 2.75) is 25.8 Å². The van der Waals surface area contributed by atoms with Gasteiger partial charge < -0.3 is 14.4 Å². The molecule has 9 heteroatoms. The van der Waals surface area contributed by atoms with E-state index in [1.165, 1.54) is 0 Å². The summed E-state index contributed by atoms with van der Waals surface area (Å²) in [5.41, 5.74) is 5.35. The molecule has 1 aromatic carbocycles. The first-order valence-electron chi connectivity index (χ1n) is 11.5. The summed E-state index contributed by atoms with van der Waals surface area (Å²) in [6.07, 6.45) is 5.03. The normalized spacial score (nSPS) is 15.7. The molecule has 0 unspecified atom stereocenters. The quantitative estimate of drug-likeness (QED) is 0.418. The maximum Gasteiger partial charge on any atom is 0.327 e. The molecule has 35 heavy (non-hydrogen) atoms. The number of H-pyrrole nitrogens is 1. The number of hydrogen-bond donors (Lipinski definition) is 2. The van der Waals surface area contributed by atoms with Gasteiger partial charge in [0.1, 0.15) is 17.0 Å². The number of benzene rings is 1. The number of nitrogens with zero attached hydrogens (tertiary/aromatic N) is 5. The number of aromatic amines is 1. The zero-order chi connectivity index (χ0) is 24.1. The monoisotopic (exact) mass is 468 g/mol. The van der Waals surface area contributed by atoms with E-state index in [1.54, 1.807) is 18.5 Å². The Labute approximate surface area is 199 Å². The number of pyridine rings is 2. The van der Waals surface area contributed by atoms with Crippen molar-refractivity contribution in [3.63, 3.8) is 0 Å². The van der Waals surface area contributed by atoms with E-state index in [4.69, 9.17) is 4.42 Å². The van der Waals surface area contributed by atoms with Crippen LogP contribution in [0, 0.1) is 6.92 Å². The fourth-order valence-electron chi connectivity index (χ4n) is 4.98. The molecule has 1 saturated heterocycles. The van der Waals surface area contributed by atoms with Crippen molar-refractivity contribution < 1.29 is 9.52 Å². The number of oxazole rings is 1. The van der Waals surface area contributed by atoms with Crippen LogP contribution in [0.5, 0.6) is 0 Å². The lowest BCUT2D eigenvalue weighted by Crippen LogP contribution is -2.37. The second-order valence-electron chi connectivity index (χ2n) is 8.88. The minimum Gasteiger partial charge on any atom is -0.505 e. The summed E-state index contributed by atoms with van der Waals surface area (Å²) in [7, 11) is 0. The summed E-state index contributed by atoms with van der Waals surface area (Å²) in [6, 6.07) is 11.3. The molecule has 0 radical (unpaired) electrons. The van der Waals surface area contributed by atoms with Gasteiger partial charge in [0.25, 0.3) is 0 Å². The van der Waals surface area contributed by atoms with Crippen molar-refractivity contribution in [1.82, 2.24) is 24.5 Å². The molecule has 0 aliphatic carbocycles. The first-order chi connectivity index (χ1) is 17.0. The van der Waals surface area contributed by atoms with Gasteiger partial charge >= 0.3 is 5.69 Å². The van der Waals surface area contributed by atoms with Crippen molar-refractivity contribution in [3.8, 4) is 0 Å². The Kier molecular flexibility index (Phi) is 4.91. The van der Waals surface area contributed by atoms with Crippen LogP contribution in [0.4, 0.5) is 5.69 Å². The first kappa shape index (κ1) is 21.2. The summed E-state index contributed by atoms with van der Waals surface area (Å²) in [6.45, 7) is 7.23. The average Bonchev–Trinajstić information content (AvgIpc) is 3.42. The van der Waals surface area contributed by atoms with E-state index in [2.05, 4.69) is 31.4 Å². The molecule has 5 heterocycles. The molecule has 1 aliphatic heterocycles. The van der Waals surface area contributed by atoms with Crippen molar-refractivity contribution in [1.29, 1.82) is 0 Å². The van der Waals surface area contributed by atoms with Crippen LogP contribution in [0.1, 0.15) is 30.1 Å². The molecule has 1 aliphatic rings. The van der Waals surface area contributed by atoms with Gasteiger partial charge in [-0.2, -0.15) is 0 Å². The van der Waals surface area contributed by atoms with Gasteiger partial charge in [-0.25, -0.2) is 14.8 Å². The lowest BCUT2D eigenvalue weighted by molar-refractivity contribution is 0.396. The number of aliphatic hydroxyl groups excluding tert-OH is 1. The van der Waals surface area contributed by atoms with Crippen LogP contribution in [0.25, 0.3) is 34.6 Å². The van der Waals surface area contributed by atoms with Crippen molar-refractivity contribution in [3.05, 3.63) is 81.3 Å². The van der Waals surface area contributed by atoms with Crippen molar-refractivity contribution in [2.24, 2.45) is 0 Å². The largest absolute Gasteiger partial charge is 0.505 e. The second-order valence-corrected chi connectivity index (χ2v) is 8.88. The van der Waals surface area contributed by atoms with E-state index in [1.807, 2.05) is 41.8 Å². The van der Waals surface area contributed by atoms with Crippen LogP contribution in [-0.2, 0) is 0 Å². The number of anilines is 1. The van der Waals surface area contributed by atoms with E-state index >= 15 is 0 Å². The number of fused-ring (bicyclic) bond motifs is 2. The van der Waals surface area contributed by atoms with Gasteiger partial charge in [0.15, 0.2) is 11.2 Å². The molecule has 5 aromatic rings. The maximum atomic E-state index is 12.6. The number of aliphatic hydroxyl groups is 1. The third-order valence-electron chi connectivity index (χ3n) is 6.67. The zero-order valence-electron chi connectivity index (χ0n) is 19.2. The van der Waals surface area contributed by atoms with Gasteiger partial charge in [-0.15, -0.1) is 0 Å². The Morgan fingerprint density at radius 2 is 2.00 bits per heavy atom. The highest BCUT2D eigenvalue weighted by molar-refractivity contribution is 5.77. The molecule has 0 amide bonds. The highest BCUT2D eigenvalue weighted by Crippen LogP contribution is 2.28. The fraction of sp³-hybridized carbons (Fsp3) is 0.231. The molecule has 176 valence electrons. The number of aryl methyl sites for hydroxylation is 1. The Hall–Kier alpha value is -4.40. The number of hydrogen-bond acceptors (Lipinski definition) is 7. The molecular weight excluding hydrogens is 444 g/mol. The molecule has 0 atom stereocenters. The summed E-state index contributed by atoms with van der Waals surface area (Å²) < 4.78 is 7.39. The third kappa shape index (κ3) is 3.65. The Morgan fingerprint density at radius 1 is 1.17 bits per heavy atom. The van der Waals surface area contributed by atoms with Crippen LogP contribution in [0.2, 0.25) is 0 Å². The lowest BCUT2D eigenvalue weighted by atomic mass is 10.0. The van der Waals surface area contributed by atoms with Gasteiger partial charge in [0.2, 0.25) is 5.55 Å². The Bertz CT molecular complexity index is 1740. The van der Waals surface area contributed by atoms with E-state index in [0.29, 0.717) is 27.7 Å². The number of rotatable bonds is 3. The average molecular weight is 469 g/mol. The maximum absolute atomic E-state index is 12.6. The van der Waals surface area contributed by atoms with Crippen molar-refractivity contribution in [2.75, 3.05) is 18.0 Å². The summed E-state index contributed by atoms with van der Waals surface area (Å²) in [4.78, 5) is 30.6. The topological polar surface area (TPSA) is 113 Å². The van der Waals surface area contributed by atoms with Crippen LogP contribution in [0.15, 0.2) is 58.0 Å². The van der Waals surface area contributed by atoms with Gasteiger partial charge in [-0.3, -0.25) is 14.5 Å². The smallest absolute Gasteiger partial charge is 0.327 e. The lowest BCUT2D eigenvalue weighted by Gasteiger charge is -2.34. The highest BCUT2D eigenvalue weighted by Gasteiger charge is 2.24. The molecule has 4 aromatic heterocycles. The number of aromatic nitrogens is 5. The Balaban J connectivity index is 1.27. The molecule has 9 nitrogen and oxygen atoms in total. The van der Waals surface area contributed by atoms with E-state index < -0.39 is 0 Å². The molecule has 6 rings (SSSR count). The first-order valence-corrected chi connectivity index (χ1v) is 11.5. The molecule has 0 spiro atoms. The van der Waals surface area contributed by atoms with Crippen LogP contribution < -0.4 is 21.4 Å². The number of piperidine rings is 1. The summed E-state index contributed by atoms with van der Waals surface area (Å²) in [5, 5.41) is 11.6. The highest BCUT2D eigenvalue weighted by atomic mass is 16.3. The molecule has 2 N–H and O–H groups in total. The van der Waals surface area contributed by atoms with Crippen molar-refractivity contribution >= 4 is 40.3 Å². The van der Waals surface area contributed by atoms with Gasteiger partial charge in [0, 0.05) is 42.4 Å². The minimum atomic E-state index is -0.118. The van der Waals surface area contributed by atoms with Gasteiger partial charge in [-0.1, -0.05) is 0 Å². The van der Waals surface area contributed by atoms with E-state index in [0.717, 1.165) is 48.2 Å². The van der Waals surface area contributed by atoms with E-state index in [9.17, 15) is 9.90 Å². The number of imidazole rings is 1. The predicted molar refractivity (Wildman–Crippen MR) is 134 cm³/mol. The summed E-state index contributed by atoms with van der Waals surface area (Å²) >= 11 is 0. The van der Waals surface area contributed by atoms with Crippen LogP contribution >= 0.6 is 0 Å². The van der Waals surface area contributed by atoms with E-state index in [-0.39, 0.29) is 17.5 Å². The van der Waals surface area contributed by atoms with Crippen LogP contribution in [-0.4, -0.2) is 42.7 Å². The second kappa shape index (κ2) is 8.12. The SMILES string of the molecule is C=c1nc2c(C)cc(=C(O)c3cc(N4CCC(n5c(=O)[nH]c6ncccc65)CC4)ccn3)cc2o1. The molecule has 0 bridgehead atoms. The fourth-order valence-corrected chi connectivity index (χ4v) is 4.98. The van der Waals surface area contributed by atoms with Crippen LogP contribution in [0.3, 0.4) is 0 Å². The molecule has 1 fully saturated rings. The third-order valence-corrected chi connectivity index (χ3v) is 6.67. The predicted octanol–water partition coefficient (Wildman–Crippen LogP) is 2.54. The molecular formula is C26H24N6O3. The molecule has 0 saturated carbocycles. The minimum absolute atomic E-state index is 0.0755. The van der Waals surface area contributed by atoms with Gasteiger partial charge in [0.05, 0.1) is 5.52 Å².